The third-order valence-corrected chi connectivity index (χ3v) is 3.59. The number of pyridine rings is 1. The van der Waals surface area contributed by atoms with Crippen LogP contribution in [0.25, 0.3) is 0 Å². The lowest BCUT2D eigenvalue weighted by Gasteiger charge is -2.10. The number of carbonyl (C=O) groups excluding carboxylic acids is 1. The largest absolute Gasteiger partial charge is 0.480 e. The number of hydrogen-bond donors (Lipinski definition) is 2. The molecule has 1 aromatic rings. The SMILES string of the molecule is O=CNC(CCSCc1cccnc1Cl)C(=O)O. The molecule has 1 rings (SSSR count). The third-order valence-electron chi connectivity index (χ3n) is 2.21. The predicted molar refractivity (Wildman–Crippen MR) is 70.6 cm³/mol. The molecule has 1 heterocycles. The fourth-order valence-electron chi connectivity index (χ4n) is 1.27. The lowest BCUT2D eigenvalue weighted by Crippen LogP contribution is -2.36. The van der Waals surface area contributed by atoms with Crippen molar-refractivity contribution in [2.24, 2.45) is 0 Å². The Balaban J connectivity index is 2.32. The quantitative estimate of drug-likeness (QED) is 0.431. The van der Waals surface area contributed by atoms with Crippen molar-refractivity contribution in [2.45, 2.75) is 18.2 Å². The highest BCUT2D eigenvalue weighted by Crippen LogP contribution is 2.19. The Morgan fingerprint density at radius 2 is 2.44 bits per heavy atom. The number of halogens is 1. The molecule has 1 aromatic heterocycles. The van der Waals surface area contributed by atoms with Crippen molar-refractivity contribution in [1.29, 1.82) is 0 Å². The zero-order chi connectivity index (χ0) is 13.4. The summed E-state index contributed by atoms with van der Waals surface area (Å²) in [6, 6.07) is 2.84. The van der Waals surface area contributed by atoms with Gasteiger partial charge in [0, 0.05) is 11.9 Å². The Kier molecular flexibility index (Phi) is 6.53. The van der Waals surface area contributed by atoms with Crippen molar-refractivity contribution in [3.8, 4) is 0 Å². The second kappa shape index (κ2) is 7.94. The number of thioether (sulfide) groups is 1. The highest BCUT2D eigenvalue weighted by Gasteiger charge is 2.15. The lowest BCUT2D eigenvalue weighted by molar-refractivity contribution is -0.140. The number of nitrogens with zero attached hydrogens (tertiary/aromatic N) is 1. The molecule has 0 fully saturated rings. The van der Waals surface area contributed by atoms with Crippen LogP contribution in [0.15, 0.2) is 18.3 Å². The number of carboxylic acids is 1. The molecule has 0 aromatic carbocycles. The first-order valence-electron chi connectivity index (χ1n) is 5.24. The smallest absolute Gasteiger partial charge is 0.326 e. The van der Waals surface area contributed by atoms with E-state index in [-0.39, 0.29) is 0 Å². The topological polar surface area (TPSA) is 79.3 Å². The second-order valence-corrected chi connectivity index (χ2v) is 4.93. The van der Waals surface area contributed by atoms with E-state index in [1.54, 1.807) is 24.0 Å². The summed E-state index contributed by atoms with van der Waals surface area (Å²) >= 11 is 7.44. The van der Waals surface area contributed by atoms with Crippen LogP contribution in [0, 0.1) is 0 Å². The Labute approximate surface area is 114 Å². The number of carboxylic acid groups (broad SMARTS) is 1. The molecule has 1 atom stereocenters. The summed E-state index contributed by atoms with van der Waals surface area (Å²) in [6.45, 7) is 0. The molecule has 0 saturated heterocycles. The molecule has 1 amide bonds. The molecule has 18 heavy (non-hydrogen) atoms. The Hall–Kier alpha value is -1.27. The van der Waals surface area contributed by atoms with E-state index >= 15 is 0 Å². The van der Waals surface area contributed by atoms with Gasteiger partial charge in [-0.3, -0.25) is 4.79 Å². The van der Waals surface area contributed by atoms with Gasteiger partial charge in [-0.15, -0.1) is 0 Å². The summed E-state index contributed by atoms with van der Waals surface area (Å²) in [6.07, 6.45) is 2.39. The fourth-order valence-corrected chi connectivity index (χ4v) is 2.54. The summed E-state index contributed by atoms with van der Waals surface area (Å²) in [4.78, 5) is 24.9. The van der Waals surface area contributed by atoms with Gasteiger partial charge in [-0.25, -0.2) is 9.78 Å². The Morgan fingerprint density at radius 1 is 1.67 bits per heavy atom. The monoisotopic (exact) mass is 288 g/mol. The van der Waals surface area contributed by atoms with Gasteiger partial charge in [0.15, 0.2) is 0 Å². The van der Waals surface area contributed by atoms with E-state index in [9.17, 15) is 9.59 Å². The van der Waals surface area contributed by atoms with Crippen LogP contribution in [0.5, 0.6) is 0 Å². The van der Waals surface area contributed by atoms with Crippen LogP contribution in [0.2, 0.25) is 5.15 Å². The maximum atomic E-state index is 10.7. The molecule has 1 unspecified atom stereocenters. The molecule has 2 N–H and O–H groups in total. The number of aromatic nitrogens is 1. The number of rotatable bonds is 8. The minimum absolute atomic E-state index is 0.372. The Morgan fingerprint density at radius 3 is 3.06 bits per heavy atom. The van der Waals surface area contributed by atoms with Gasteiger partial charge in [-0.1, -0.05) is 17.7 Å². The minimum Gasteiger partial charge on any atom is -0.480 e. The summed E-state index contributed by atoms with van der Waals surface area (Å²) in [5.74, 6) is 0.255. The maximum absolute atomic E-state index is 10.7. The van der Waals surface area contributed by atoms with Crippen molar-refractivity contribution in [3.05, 3.63) is 29.0 Å². The van der Waals surface area contributed by atoms with E-state index in [1.807, 2.05) is 6.07 Å². The van der Waals surface area contributed by atoms with Gasteiger partial charge in [0.1, 0.15) is 11.2 Å². The first-order valence-corrected chi connectivity index (χ1v) is 6.78. The molecular formula is C11H13ClN2O3S. The molecule has 0 saturated carbocycles. The number of nitrogens with one attached hydrogen (secondary N) is 1. The van der Waals surface area contributed by atoms with E-state index in [4.69, 9.17) is 16.7 Å². The van der Waals surface area contributed by atoms with Crippen molar-refractivity contribution in [1.82, 2.24) is 10.3 Å². The first kappa shape index (κ1) is 14.8. The van der Waals surface area contributed by atoms with Gasteiger partial charge in [0.2, 0.25) is 6.41 Å². The van der Waals surface area contributed by atoms with Crippen LogP contribution in [0.3, 0.4) is 0 Å². The summed E-state index contributed by atoms with van der Waals surface area (Å²) in [5, 5.41) is 11.5. The Bertz CT molecular complexity index is 417. The van der Waals surface area contributed by atoms with E-state index in [0.717, 1.165) is 5.56 Å². The van der Waals surface area contributed by atoms with Gasteiger partial charge >= 0.3 is 5.97 Å². The molecule has 98 valence electrons. The zero-order valence-electron chi connectivity index (χ0n) is 9.51. The van der Waals surface area contributed by atoms with E-state index in [0.29, 0.717) is 29.5 Å². The molecule has 0 spiro atoms. The molecule has 7 heteroatoms. The average Bonchev–Trinajstić information content (AvgIpc) is 2.35. The highest BCUT2D eigenvalue weighted by atomic mass is 35.5. The molecule has 0 aliphatic rings. The predicted octanol–water partition coefficient (Wildman–Crippen LogP) is 1.56. The van der Waals surface area contributed by atoms with Gasteiger partial charge in [0.25, 0.3) is 0 Å². The van der Waals surface area contributed by atoms with Crippen LogP contribution >= 0.6 is 23.4 Å². The second-order valence-electron chi connectivity index (χ2n) is 3.47. The molecule has 0 radical (unpaired) electrons. The number of hydrogen-bond acceptors (Lipinski definition) is 4. The van der Waals surface area contributed by atoms with Crippen LogP contribution < -0.4 is 5.32 Å². The van der Waals surface area contributed by atoms with Gasteiger partial charge in [-0.05, 0) is 23.8 Å². The molecule has 0 aliphatic heterocycles. The number of carbonyl (C=O) groups is 2. The summed E-state index contributed by atoms with van der Waals surface area (Å²) in [5.41, 5.74) is 0.916. The standard InChI is InChI=1S/C11H13ClN2O3S/c12-10-8(2-1-4-13-10)6-18-5-3-9(11(16)17)14-7-15/h1-2,4,7,9H,3,5-6H2,(H,14,15)(H,16,17). The van der Waals surface area contributed by atoms with Crippen LogP contribution in [0.4, 0.5) is 0 Å². The lowest BCUT2D eigenvalue weighted by atomic mass is 10.2. The van der Waals surface area contributed by atoms with Crippen LogP contribution in [-0.4, -0.2) is 34.3 Å². The molecule has 0 bridgehead atoms. The minimum atomic E-state index is -1.03. The first-order chi connectivity index (χ1) is 8.65. The molecular weight excluding hydrogens is 276 g/mol. The van der Waals surface area contributed by atoms with Crippen LogP contribution in [-0.2, 0) is 15.3 Å². The molecule has 5 nitrogen and oxygen atoms in total. The highest BCUT2D eigenvalue weighted by molar-refractivity contribution is 7.98. The number of aliphatic carboxylic acids is 1. The van der Waals surface area contributed by atoms with Crippen molar-refractivity contribution in [2.75, 3.05) is 5.75 Å². The van der Waals surface area contributed by atoms with Gasteiger partial charge in [-0.2, -0.15) is 11.8 Å². The fraction of sp³-hybridized carbons (Fsp3) is 0.364. The van der Waals surface area contributed by atoms with Gasteiger partial charge in [0.05, 0.1) is 0 Å². The van der Waals surface area contributed by atoms with E-state index in [2.05, 4.69) is 10.3 Å². The van der Waals surface area contributed by atoms with E-state index in [1.165, 1.54) is 0 Å². The maximum Gasteiger partial charge on any atom is 0.326 e. The van der Waals surface area contributed by atoms with Crippen molar-refractivity contribution in [3.63, 3.8) is 0 Å². The number of amides is 1. The third kappa shape index (κ3) is 4.93. The molecule has 0 aliphatic carbocycles. The van der Waals surface area contributed by atoms with Crippen molar-refractivity contribution >= 4 is 35.7 Å². The summed E-state index contributed by atoms with van der Waals surface area (Å²) in [7, 11) is 0. The average molecular weight is 289 g/mol. The summed E-state index contributed by atoms with van der Waals surface area (Å²) < 4.78 is 0. The van der Waals surface area contributed by atoms with E-state index < -0.39 is 12.0 Å². The van der Waals surface area contributed by atoms with Gasteiger partial charge < -0.3 is 10.4 Å². The normalized spacial score (nSPS) is 11.8. The van der Waals surface area contributed by atoms with Crippen molar-refractivity contribution < 1.29 is 14.7 Å². The van der Waals surface area contributed by atoms with Crippen LogP contribution in [0.1, 0.15) is 12.0 Å². The zero-order valence-corrected chi connectivity index (χ0v) is 11.1.